The fourth-order valence-electron chi connectivity index (χ4n) is 5.34. The van der Waals surface area contributed by atoms with Crippen LogP contribution in [0.15, 0.2) is 42.6 Å². The summed E-state index contributed by atoms with van der Waals surface area (Å²) in [7, 11) is 0. The van der Waals surface area contributed by atoms with Crippen LogP contribution in [0.4, 0.5) is 18.9 Å². The number of benzene rings is 2. The molecule has 36 heavy (non-hydrogen) atoms. The van der Waals surface area contributed by atoms with E-state index in [1.54, 1.807) is 41.4 Å². The predicted octanol–water partition coefficient (Wildman–Crippen LogP) is 3.07. The number of halogens is 3. The molecule has 188 valence electrons. The molecule has 3 aromatic rings. The van der Waals surface area contributed by atoms with E-state index in [1.807, 2.05) is 18.3 Å². The van der Waals surface area contributed by atoms with Crippen molar-refractivity contribution in [3.63, 3.8) is 0 Å². The number of fused-ring (bicyclic) bond motifs is 3. The number of rotatable bonds is 4. The highest BCUT2D eigenvalue weighted by Crippen LogP contribution is 2.49. The highest BCUT2D eigenvalue weighted by atomic mass is 19.4. The normalized spacial score (nSPS) is 17.1. The Morgan fingerprint density at radius 3 is 2.64 bits per heavy atom. The third kappa shape index (κ3) is 4.08. The third-order valence-corrected chi connectivity index (χ3v) is 7.05. The number of likely N-dealkylation sites (tertiary alicyclic amines) is 1. The molecular formula is C25H24F3N5O3. The zero-order valence-corrected chi connectivity index (χ0v) is 19.5. The molecule has 11 heteroatoms. The number of amides is 3. The third-order valence-electron chi connectivity index (χ3n) is 7.05. The molecule has 0 bridgehead atoms. The second kappa shape index (κ2) is 8.65. The van der Waals surface area contributed by atoms with Gasteiger partial charge in [0.1, 0.15) is 13.1 Å². The van der Waals surface area contributed by atoms with Gasteiger partial charge in [-0.25, -0.2) is 0 Å². The fraction of sp³-hybridized carbons (Fsp3) is 0.360. The monoisotopic (exact) mass is 499 g/mol. The van der Waals surface area contributed by atoms with Crippen molar-refractivity contribution in [3.05, 3.63) is 59.3 Å². The number of nitrogens with zero attached hydrogens (tertiary/aromatic N) is 3. The molecule has 0 radical (unpaired) electrons. The summed E-state index contributed by atoms with van der Waals surface area (Å²) in [6.45, 7) is 0.576. The number of aryl methyl sites for hydroxylation is 1. The Balaban J connectivity index is 1.36. The van der Waals surface area contributed by atoms with Gasteiger partial charge in [0, 0.05) is 29.7 Å². The minimum atomic E-state index is -4.54. The number of piperidine rings is 1. The van der Waals surface area contributed by atoms with Gasteiger partial charge in [-0.1, -0.05) is 12.1 Å². The average molecular weight is 499 g/mol. The van der Waals surface area contributed by atoms with Crippen LogP contribution >= 0.6 is 0 Å². The zero-order chi connectivity index (χ0) is 25.7. The molecule has 3 heterocycles. The summed E-state index contributed by atoms with van der Waals surface area (Å²) in [6.07, 6.45) is -2.19. The Morgan fingerprint density at radius 1 is 1.17 bits per heavy atom. The van der Waals surface area contributed by atoms with Crippen LogP contribution in [0.3, 0.4) is 0 Å². The highest BCUT2D eigenvalue weighted by molar-refractivity contribution is 6.11. The van der Waals surface area contributed by atoms with Crippen LogP contribution in [0.25, 0.3) is 10.9 Å². The lowest BCUT2D eigenvalue weighted by atomic mass is 9.72. The molecule has 0 saturated carbocycles. The number of H-pyrrole nitrogens is 1. The lowest BCUT2D eigenvalue weighted by Gasteiger charge is -2.39. The van der Waals surface area contributed by atoms with Gasteiger partial charge in [0.25, 0.3) is 5.91 Å². The summed E-state index contributed by atoms with van der Waals surface area (Å²) in [5, 5.41) is 9.49. The molecule has 2 N–H and O–H groups in total. The SMILES string of the molecule is Cc1cccc2c1C1(CCN(C(=O)c3ccc4[nH]ncc4c3)CC1)C(=O)N2CC(=O)NCC(F)(F)F. The number of aromatic nitrogens is 2. The highest BCUT2D eigenvalue weighted by Gasteiger charge is 2.53. The van der Waals surface area contributed by atoms with E-state index >= 15 is 0 Å². The molecule has 0 aliphatic carbocycles. The molecule has 0 atom stereocenters. The Bertz CT molecular complexity index is 1360. The van der Waals surface area contributed by atoms with Crippen LogP contribution in [0.5, 0.6) is 0 Å². The number of hydrogen-bond acceptors (Lipinski definition) is 4. The van der Waals surface area contributed by atoms with Gasteiger partial charge in [-0.15, -0.1) is 0 Å². The Labute approximate surface area is 204 Å². The Kier molecular flexibility index (Phi) is 5.73. The molecule has 2 aromatic carbocycles. The summed E-state index contributed by atoms with van der Waals surface area (Å²) in [5.41, 5.74) is 2.60. The van der Waals surface area contributed by atoms with Gasteiger partial charge in [0.2, 0.25) is 11.8 Å². The smallest absolute Gasteiger partial charge is 0.345 e. The van der Waals surface area contributed by atoms with Crippen molar-refractivity contribution < 1.29 is 27.6 Å². The van der Waals surface area contributed by atoms with E-state index in [0.29, 0.717) is 37.2 Å². The first kappa shape index (κ1) is 23.8. The first-order valence-electron chi connectivity index (χ1n) is 11.6. The summed E-state index contributed by atoms with van der Waals surface area (Å²) >= 11 is 0. The van der Waals surface area contributed by atoms with E-state index < -0.39 is 30.6 Å². The van der Waals surface area contributed by atoms with E-state index in [2.05, 4.69) is 10.2 Å². The first-order valence-corrected chi connectivity index (χ1v) is 11.6. The lowest BCUT2D eigenvalue weighted by Crippen LogP contribution is -2.51. The minimum Gasteiger partial charge on any atom is -0.345 e. The molecule has 1 fully saturated rings. The largest absolute Gasteiger partial charge is 0.405 e. The summed E-state index contributed by atoms with van der Waals surface area (Å²) in [4.78, 5) is 42.1. The summed E-state index contributed by atoms with van der Waals surface area (Å²) in [6, 6.07) is 10.6. The molecule has 1 saturated heterocycles. The van der Waals surface area contributed by atoms with E-state index in [9.17, 15) is 27.6 Å². The standard InChI is InChI=1S/C25H24F3N5O3/c1-15-3-2-4-19-21(15)24(23(36)33(19)13-20(34)29-14-25(26,27)28)7-9-32(10-8-24)22(35)16-5-6-18-17(11-16)12-30-31-18/h2-6,11-12H,7-10,13-14H2,1H3,(H,29,34)(H,30,31). The van der Waals surface area contributed by atoms with Crippen LogP contribution in [0.2, 0.25) is 0 Å². The molecule has 5 rings (SSSR count). The molecule has 2 aliphatic rings. The number of alkyl halides is 3. The molecule has 1 spiro atoms. The summed E-state index contributed by atoms with van der Waals surface area (Å²) < 4.78 is 37.6. The van der Waals surface area contributed by atoms with Gasteiger partial charge >= 0.3 is 6.18 Å². The van der Waals surface area contributed by atoms with Gasteiger partial charge in [-0.3, -0.25) is 19.5 Å². The van der Waals surface area contributed by atoms with Crippen molar-refractivity contribution in [2.24, 2.45) is 0 Å². The maximum absolute atomic E-state index is 13.7. The van der Waals surface area contributed by atoms with E-state index in [0.717, 1.165) is 22.0 Å². The first-order chi connectivity index (χ1) is 17.1. The second-order valence-corrected chi connectivity index (χ2v) is 9.30. The number of nitrogens with one attached hydrogen (secondary N) is 2. The van der Waals surface area contributed by atoms with Crippen LogP contribution in [-0.4, -0.2) is 65.2 Å². The zero-order valence-electron chi connectivity index (χ0n) is 19.5. The van der Waals surface area contributed by atoms with Crippen LogP contribution in [0.1, 0.15) is 34.3 Å². The van der Waals surface area contributed by atoms with Gasteiger partial charge in [0.15, 0.2) is 0 Å². The molecule has 3 amide bonds. The maximum atomic E-state index is 13.7. The predicted molar refractivity (Wildman–Crippen MR) is 126 cm³/mol. The van der Waals surface area contributed by atoms with Crippen molar-refractivity contribution >= 4 is 34.3 Å². The molecule has 8 nitrogen and oxygen atoms in total. The number of carbonyl (C=O) groups excluding carboxylic acids is 3. The second-order valence-electron chi connectivity index (χ2n) is 9.30. The van der Waals surface area contributed by atoms with E-state index in [4.69, 9.17) is 0 Å². The fourth-order valence-corrected chi connectivity index (χ4v) is 5.34. The van der Waals surface area contributed by atoms with Crippen LogP contribution in [-0.2, 0) is 15.0 Å². The Hall–Kier alpha value is -3.89. The minimum absolute atomic E-state index is 0.146. The lowest BCUT2D eigenvalue weighted by molar-refractivity contribution is -0.138. The number of carbonyl (C=O) groups is 3. The van der Waals surface area contributed by atoms with Crippen molar-refractivity contribution in [3.8, 4) is 0 Å². The average Bonchev–Trinajstić information content (AvgIpc) is 3.40. The van der Waals surface area contributed by atoms with Crippen molar-refractivity contribution in [1.82, 2.24) is 20.4 Å². The van der Waals surface area contributed by atoms with Crippen LogP contribution in [0, 0.1) is 6.92 Å². The van der Waals surface area contributed by atoms with E-state index in [1.165, 1.54) is 4.90 Å². The van der Waals surface area contributed by atoms with Crippen molar-refractivity contribution in [2.75, 3.05) is 31.1 Å². The number of aromatic amines is 1. The molecular weight excluding hydrogens is 475 g/mol. The van der Waals surface area contributed by atoms with Gasteiger partial charge < -0.3 is 15.1 Å². The maximum Gasteiger partial charge on any atom is 0.405 e. The Morgan fingerprint density at radius 2 is 1.92 bits per heavy atom. The van der Waals surface area contributed by atoms with Gasteiger partial charge in [-0.2, -0.15) is 18.3 Å². The van der Waals surface area contributed by atoms with Crippen molar-refractivity contribution in [2.45, 2.75) is 31.4 Å². The quantitative estimate of drug-likeness (QED) is 0.577. The van der Waals surface area contributed by atoms with E-state index in [-0.39, 0.29) is 11.8 Å². The van der Waals surface area contributed by atoms with Gasteiger partial charge in [-0.05, 0) is 55.2 Å². The number of hydrogen-bond donors (Lipinski definition) is 2. The molecule has 1 aromatic heterocycles. The van der Waals surface area contributed by atoms with Gasteiger partial charge in [0.05, 0.1) is 17.1 Å². The topological polar surface area (TPSA) is 98.4 Å². The van der Waals surface area contributed by atoms with Crippen LogP contribution < -0.4 is 10.2 Å². The summed E-state index contributed by atoms with van der Waals surface area (Å²) in [5.74, 6) is -1.35. The van der Waals surface area contributed by atoms with Crippen molar-refractivity contribution in [1.29, 1.82) is 0 Å². The molecule has 0 unspecified atom stereocenters. The molecule has 2 aliphatic heterocycles. The number of anilines is 1.